The molecule has 2 aromatic carbocycles. The first-order valence-electron chi connectivity index (χ1n) is 12.6. The van der Waals surface area contributed by atoms with E-state index in [1.54, 1.807) is 6.07 Å². The van der Waals surface area contributed by atoms with Crippen molar-refractivity contribution in [1.82, 2.24) is 9.55 Å². The fourth-order valence-corrected chi connectivity index (χ4v) is 4.98. The molecule has 8 heteroatoms. The van der Waals surface area contributed by atoms with Crippen molar-refractivity contribution in [2.24, 2.45) is 9.98 Å². The molecule has 0 bridgehead atoms. The minimum Gasteiger partial charge on any atom is -0.381 e. The fraction of sp³-hybridized carbons (Fsp3) is 0.276. The molecule has 6 nitrogen and oxygen atoms in total. The maximum Gasteiger partial charge on any atom is 0.125 e. The molecule has 1 N–H and O–H groups in total. The Labute approximate surface area is 219 Å². The van der Waals surface area contributed by atoms with Crippen LogP contribution in [0.4, 0.5) is 10.1 Å². The summed E-state index contributed by atoms with van der Waals surface area (Å²) in [5, 5.41) is 5.06. The lowest BCUT2D eigenvalue weighted by atomic mass is 10.1. The number of anilines is 1. The first-order valence-corrected chi connectivity index (χ1v) is 12.9. The second-order valence-corrected chi connectivity index (χ2v) is 9.97. The Morgan fingerprint density at radius 3 is 2.62 bits per heavy atom. The Morgan fingerprint density at radius 1 is 1.05 bits per heavy atom. The molecule has 188 valence electrons. The van der Waals surface area contributed by atoms with Crippen LogP contribution in [-0.4, -0.2) is 34.5 Å². The smallest absolute Gasteiger partial charge is 0.125 e. The molecular weight excluding hydrogens is 489 g/mol. The number of halogens is 2. The largest absolute Gasteiger partial charge is 0.381 e. The van der Waals surface area contributed by atoms with Gasteiger partial charge in [-0.1, -0.05) is 11.6 Å². The minimum atomic E-state index is -0.318. The van der Waals surface area contributed by atoms with Gasteiger partial charge < -0.3 is 14.6 Å². The van der Waals surface area contributed by atoms with Gasteiger partial charge in [-0.25, -0.2) is 9.37 Å². The van der Waals surface area contributed by atoms with Gasteiger partial charge in [0.1, 0.15) is 5.82 Å². The molecule has 0 radical (unpaired) electrons. The quantitative estimate of drug-likeness (QED) is 0.315. The molecule has 1 fully saturated rings. The predicted octanol–water partition coefficient (Wildman–Crippen LogP) is 6.51. The number of ether oxygens (including phenoxy) is 1. The van der Waals surface area contributed by atoms with E-state index in [-0.39, 0.29) is 11.9 Å². The average molecular weight is 516 g/mol. The molecule has 6 rings (SSSR count). The van der Waals surface area contributed by atoms with Crippen molar-refractivity contribution in [3.63, 3.8) is 0 Å². The number of nitrogens with one attached hydrogen (secondary N) is 1. The second kappa shape index (κ2) is 10.1. The zero-order chi connectivity index (χ0) is 25.4. The minimum absolute atomic E-state index is 0.169. The van der Waals surface area contributed by atoms with Crippen LogP contribution < -0.4 is 10.7 Å². The highest BCUT2D eigenvalue weighted by atomic mass is 35.5. The molecule has 0 aromatic heterocycles. The van der Waals surface area contributed by atoms with E-state index in [0.29, 0.717) is 29.3 Å². The highest BCUT2D eigenvalue weighted by Gasteiger charge is 2.19. The van der Waals surface area contributed by atoms with Gasteiger partial charge in [0, 0.05) is 47.6 Å². The molecule has 2 aromatic rings. The Kier molecular flexibility index (Phi) is 6.49. The molecule has 1 saturated heterocycles. The first-order chi connectivity index (χ1) is 18.0. The number of allylic oxidation sites excluding steroid dienone is 1. The summed E-state index contributed by atoms with van der Waals surface area (Å²) in [7, 11) is 0. The molecule has 0 atom stereocenters. The van der Waals surface area contributed by atoms with Gasteiger partial charge in [0.15, 0.2) is 0 Å². The summed E-state index contributed by atoms with van der Waals surface area (Å²) in [4.78, 5) is 14.6. The van der Waals surface area contributed by atoms with Crippen LogP contribution in [0.25, 0.3) is 28.1 Å². The number of rotatable bonds is 4. The van der Waals surface area contributed by atoms with Crippen LogP contribution in [0.5, 0.6) is 0 Å². The topological polar surface area (TPSA) is 63.8 Å². The van der Waals surface area contributed by atoms with Crippen molar-refractivity contribution in [2.75, 3.05) is 18.5 Å². The summed E-state index contributed by atoms with van der Waals surface area (Å²) in [6.45, 7) is 3.46. The van der Waals surface area contributed by atoms with Crippen molar-refractivity contribution in [3.05, 3.63) is 82.7 Å². The third-order valence-electron chi connectivity index (χ3n) is 6.84. The van der Waals surface area contributed by atoms with Crippen LogP contribution in [0, 0.1) is 5.82 Å². The molecule has 0 spiro atoms. The monoisotopic (exact) mass is 515 g/mol. The summed E-state index contributed by atoms with van der Waals surface area (Å²) in [5.74, 6) is -0.318. The van der Waals surface area contributed by atoms with E-state index in [2.05, 4.69) is 16.4 Å². The van der Waals surface area contributed by atoms with Crippen LogP contribution in [-0.2, 0) is 4.74 Å². The fourth-order valence-electron chi connectivity index (χ4n) is 4.85. The highest BCUT2D eigenvalue weighted by molar-refractivity contribution is 6.30. The lowest BCUT2D eigenvalue weighted by Gasteiger charge is -2.22. The van der Waals surface area contributed by atoms with Crippen LogP contribution in [0.15, 0.2) is 76.5 Å². The van der Waals surface area contributed by atoms with Crippen LogP contribution >= 0.6 is 11.6 Å². The van der Waals surface area contributed by atoms with Gasteiger partial charge in [0.05, 0.1) is 39.5 Å². The Bertz CT molecular complexity index is 1570. The van der Waals surface area contributed by atoms with Crippen LogP contribution in [0.3, 0.4) is 0 Å². The van der Waals surface area contributed by atoms with Gasteiger partial charge in [-0.05, 0) is 81.1 Å². The molecule has 3 aliphatic heterocycles. The van der Waals surface area contributed by atoms with E-state index in [1.165, 1.54) is 12.1 Å². The molecule has 37 heavy (non-hydrogen) atoms. The van der Waals surface area contributed by atoms with E-state index < -0.39 is 0 Å². The van der Waals surface area contributed by atoms with Crippen molar-refractivity contribution in [3.8, 4) is 17.1 Å². The molecule has 3 heterocycles. The first kappa shape index (κ1) is 23.8. The van der Waals surface area contributed by atoms with Gasteiger partial charge in [0.2, 0.25) is 0 Å². The summed E-state index contributed by atoms with van der Waals surface area (Å²) in [6.07, 6.45) is 5.46. The molecule has 0 unspecified atom stereocenters. The van der Waals surface area contributed by atoms with Gasteiger partial charge >= 0.3 is 0 Å². The maximum absolute atomic E-state index is 14.4. The van der Waals surface area contributed by atoms with Gasteiger partial charge in [0.25, 0.3) is 0 Å². The SMILES string of the molecule is CC1=NC=C(Nc2cc3nc4ccc(F)cc4n(-c4ccc(Cl)cc4)c-3cc2=NC2CCOCC2)CC1. The number of benzene rings is 3. The predicted molar refractivity (Wildman–Crippen MR) is 146 cm³/mol. The number of hydrogen-bond acceptors (Lipinski definition) is 5. The van der Waals surface area contributed by atoms with E-state index in [1.807, 2.05) is 48.0 Å². The molecule has 1 aliphatic carbocycles. The third kappa shape index (κ3) is 5.02. The summed E-state index contributed by atoms with van der Waals surface area (Å²) < 4.78 is 22.0. The number of hydrogen-bond donors (Lipinski definition) is 1. The molecule has 0 saturated carbocycles. The van der Waals surface area contributed by atoms with Crippen LogP contribution in [0.2, 0.25) is 5.02 Å². The zero-order valence-corrected chi connectivity index (χ0v) is 21.3. The van der Waals surface area contributed by atoms with Gasteiger partial charge in [-0.2, -0.15) is 0 Å². The lowest BCUT2D eigenvalue weighted by molar-refractivity contribution is 0.0864. The highest BCUT2D eigenvalue weighted by Crippen LogP contribution is 2.31. The van der Waals surface area contributed by atoms with Gasteiger partial charge in [-0.3, -0.25) is 9.98 Å². The van der Waals surface area contributed by atoms with Crippen molar-refractivity contribution in [2.45, 2.75) is 38.6 Å². The van der Waals surface area contributed by atoms with Crippen LogP contribution in [0.1, 0.15) is 32.6 Å². The standard InChI is InChI=1S/C29H27ClFN5O/c1-18-2-6-22(17-32-18)34-25-15-27-29(16-26(25)33-21-10-12-37-13-11-21)36(23-7-3-19(30)4-8-23)28-14-20(31)5-9-24(28)35-27/h3-5,7-9,14-17,21,34H,2,6,10-13H2,1H3. The number of aromatic nitrogens is 2. The number of fused-ring (bicyclic) bond motifs is 2. The summed E-state index contributed by atoms with van der Waals surface area (Å²) in [5.41, 5.74) is 6.90. The zero-order valence-electron chi connectivity index (χ0n) is 20.5. The molecular formula is C29H27ClFN5O. The Morgan fingerprint density at radius 2 is 1.86 bits per heavy atom. The van der Waals surface area contributed by atoms with E-state index in [4.69, 9.17) is 26.3 Å². The molecule has 0 amide bonds. The number of nitrogens with zero attached hydrogens (tertiary/aromatic N) is 4. The average Bonchev–Trinajstić information content (AvgIpc) is 2.90. The van der Waals surface area contributed by atoms with Gasteiger partial charge in [-0.15, -0.1) is 0 Å². The lowest BCUT2D eigenvalue weighted by Crippen LogP contribution is -2.24. The third-order valence-corrected chi connectivity index (χ3v) is 7.09. The summed E-state index contributed by atoms with van der Waals surface area (Å²) in [6, 6.07) is 16.5. The Balaban J connectivity index is 1.61. The normalized spacial score (nSPS) is 17.2. The van der Waals surface area contributed by atoms with E-state index in [9.17, 15) is 4.39 Å². The Hall–Kier alpha value is -3.55. The van der Waals surface area contributed by atoms with E-state index >= 15 is 0 Å². The van der Waals surface area contributed by atoms with E-state index in [0.717, 1.165) is 65.2 Å². The molecule has 4 aliphatic rings. The number of aliphatic imine (C=N–C) groups is 1. The summed E-state index contributed by atoms with van der Waals surface area (Å²) >= 11 is 6.19. The van der Waals surface area contributed by atoms with Crippen molar-refractivity contribution >= 4 is 34.0 Å². The van der Waals surface area contributed by atoms with Crippen molar-refractivity contribution in [1.29, 1.82) is 0 Å². The maximum atomic E-state index is 14.4. The van der Waals surface area contributed by atoms with Crippen molar-refractivity contribution < 1.29 is 9.13 Å². The second-order valence-electron chi connectivity index (χ2n) is 9.53.